The zero-order valence-corrected chi connectivity index (χ0v) is 7.95. The number of rotatable bonds is 2. The molecule has 1 heterocycles. The predicted octanol–water partition coefficient (Wildman–Crippen LogP) is 2.12. The molecule has 1 aliphatic heterocycles. The summed E-state index contributed by atoms with van der Waals surface area (Å²) in [5.41, 5.74) is 7.65. The van der Waals surface area contributed by atoms with Crippen molar-refractivity contribution in [3.63, 3.8) is 0 Å². The van der Waals surface area contributed by atoms with Gasteiger partial charge in [0.2, 0.25) is 0 Å². The summed E-state index contributed by atoms with van der Waals surface area (Å²) in [6.07, 6.45) is 0. The first-order valence-electron chi connectivity index (χ1n) is 3.67. The number of hydrogen-bond donors (Lipinski definition) is 1. The molecule has 1 aromatic rings. The molecular formula is C8H8BrN3. The molecule has 0 fully saturated rings. The van der Waals surface area contributed by atoms with Crippen molar-refractivity contribution in [3.8, 4) is 0 Å². The fourth-order valence-corrected chi connectivity index (χ4v) is 1.38. The topological polar surface area (TPSA) is 50.7 Å². The minimum Gasteiger partial charge on any atom is -0.326 e. The molecule has 1 aliphatic rings. The summed E-state index contributed by atoms with van der Waals surface area (Å²) in [6.45, 7) is 0.552. The van der Waals surface area contributed by atoms with E-state index in [0.29, 0.717) is 6.54 Å². The summed E-state index contributed by atoms with van der Waals surface area (Å²) in [5, 5.41) is 7.76. The Hall–Kier alpha value is -0.740. The maximum atomic E-state index is 5.51. The molecule has 0 amide bonds. The van der Waals surface area contributed by atoms with Crippen LogP contribution in [0.5, 0.6) is 0 Å². The molecule has 2 rings (SSSR count). The van der Waals surface area contributed by atoms with Gasteiger partial charge in [-0.3, -0.25) is 0 Å². The SMILES string of the molecule is NCc1cccc(C2(Br)N=N2)c1. The summed E-state index contributed by atoms with van der Waals surface area (Å²) in [7, 11) is 0. The first kappa shape index (κ1) is 7.89. The van der Waals surface area contributed by atoms with E-state index in [0.717, 1.165) is 11.1 Å². The van der Waals surface area contributed by atoms with Gasteiger partial charge in [-0.15, -0.1) is 10.2 Å². The van der Waals surface area contributed by atoms with Gasteiger partial charge in [0.15, 0.2) is 0 Å². The van der Waals surface area contributed by atoms with E-state index < -0.39 is 4.57 Å². The molecule has 0 atom stereocenters. The van der Waals surface area contributed by atoms with Crippen LogP contribution in [-0.4, -0.2) is 0 Å². The number of nitrogens with two attached hydrogens (primary N) is 1. The van der Waals surface area contributed by atoms with Crippen LogP contribution in [0.2, 0.25) is 0 Å². The van der Waals surface area contributed by atoms with Crippen molar-refractivity contribution >= 4 is 15.9 Å². The minimum absolute atomic E-state index is 0.460. The molecule has 0 spiro atoms. The molecule has 0 aromatic heterocycles. The average molecular weight is 226 g/mol. The molecule has 0 saturated carbocycles. The first-order valence-corrected chi connectivity index (χ1v) is 4.46. The van der Waals surface area contributed by atoms with Crippen molar-refractivity contribution in [2.24, 2.45) is 16.0 Å². The van der Waals surface area contributed by atoms with Crippen molar-refractivity contribution in [2.45, 2.75) is 11.1 Å². The molecule has 62 valence electrons. The molecule has 2 N–H and O–H groups in total. The Morgan fingerprint density at radius 1 is 1.42 bits per heavy atom. The van der Waals surface area contributed by atoms with Gasteiger partial charge in [0, 0.05) is 12.1 Å². The smallest absolute Gasteiger partial charge is 0.269 e. The van der Waals surface area contributed by atoms with E-state index in [9.17, 15) is 0 Å². The standard InChI is InChI=1S/C8H8BrN3/c9-8(11-12-8)7-3-1-2-6(4-7)5-10/h1-4H,5,10H2. The third-order valence-electron chi connectivity index (χ3n) is 1.81. The molecular weight excluding hydrogens is 218 g/mol. The largest absolute Gasteiger partial charge is 0.326 e. The molecule has 1 aromatic carbocycles. The molecule has 0 radical (unpaired) electrons. The third-order valence-corrected chi connectivity index (χ3v) is 2.58. The lowest BCUT2D eigenvalue weighted by Gasteiger charge is -2.03. The van der Waals surface area contributed by atoms with Crippen molar-refractivity contribution in [2.75, 3.05) is 0 Å². The van der Waals surface area contributed by atoms with Crippen LogP contribution in [0.25, 0.3) is 0 Å². The number of nitrogens with zero attached hydrogens (tertiary/aromatic N) is 2. The van der Waals surface area contributed by atoms with Crippen molar-refractivity contribution in [3.05, 3.63) is 35.4 Å². The lowest BCUT2D eigenvalue weighted by Crippen LogP contribution is -2.01. The molecule has 3 nitrogen and oxygen atoms in total. The highest BCUT2D eigenvalue weighted by Gasteiger charge is 2.38. The van der Waals surface area contributed by atoms with E-state index in [1.807, 2.05) is 24.3 Å². The van der Waals surface area contributed by atoms with Gasteiger partial charge < -0.3 is 5.73 Å². The highest BCUT2D eigenvalue weighted by Crippen LogP contribution is 2.45. The number of alkyl halides is 1. The number of benzene rings is 1. The van der Waals surface area contributed by atoms with Gasteiger partial charge in [-0.25, -0.2) is 0 Å². The van der Waals surface area contributed by atoms with Gasteiger partial charge >= 0.3 is 0 Å². The lowest BCUT2D eigenvalue weighted by atomic mass is 10.1. The zero-order chi connectivity index (χ0) is 8.60. The highest BCUT2D eigenvalue weighted by molar-refractivity contribution is 9.09. The Bertz CT molecular complexity index is 329. The van der Waals surface area contributed by atoms with E-state index in [-0.39, 0.29) is 0 Å². The summed E-state index contributed by atoms with van der Waals surface area (Å²) >= 11 is 3.39. The normalized spacial score (nSPS) is 17.8. The maximum Gasteiger partial charge on any atom is 0.269 e. The Balaban J connectivity index is 2.33. The molecule has 0 unspecified atom stereocenters. The Labute approximate surface area is 78.8 Å². The highest BCUT2D eigenvalue weighted by atomic mass is 79.9. The van der Waals surface area contributed by atoms with Gasteiger partial charge in [-0.2, -0.15) is 0 Å². The van der Waals surface area contributed by atoms with Crippen LogP contribution in [0.1, 0.15) is 11.1 Å². The van der Waals surface area contributed by atoms with Crippen molar-refractivity contribution in [1.82, 2.24) is 0 Å². The maximum absolute atomic E-state index is 5.51. The average Bonchev–Trinajstić information content (AvgIpc) is 2.85. The lowest BCUT2D eigenvalue weighted by molar-refractivity contribution is 0.966. The van der Waals surface area contributed by atoms with E-state index in [1.54, 1.807) is 0 Å². The summed E-state index contributed by atoms with van der Waals surface area (Å²) in [4.78, 5) is 0. The molecule has 0 bridgehead atoms. The fraction of sp³-hybridized carbons (Fsp3) is 0.250. The van der Waals surface area contributed by atoms with E-state index >= 15 is 0 Å². The summed E-state index contributed by atoms with van der Waals surface area (Å²) < 4.78 is -0.460. The van der Waals surface area contributed by atoms with Crippen LogP contribution in [0.3, 0.4) is 0 Å². The van der Waals surface area contributed by atoms with Gasteiger partial charge in [0.25, 0.3) is 4.57 Å². The van der Waals surface area contributed by atoms with Crippen LogP contribution in [0.15, 0.2) is 34.5 Å². The number of halogens is 1. The van der Waals surface area contributed by atoms with Gasteiger partial charge in [-0.05, 0) is 27.6 Å². The van der Waals surface area contributed by atoms with Crippen molar-refractivity contribution < 1.29 is 0 Å². The predicted molar refractivity (Wildman–Crippen MR) is 49.8 cm³/mol. The third kappa shape index (κ3) is 1.28. The molecule has 0 aliphatic carbocycles. The van der Waals surface area contributed by atoms with Gasteiger partial charge in [0.1, 0.15) is 0 Å². The van der Waals surface area contributed by atoms with Crippen LogP contribution in [0, 0.1) is 0 Å². The molecule has 0 saturated heterocycles. The Morgan fingerprint density at radius 3 is 2.75 bits per heavy atom. The second kappa shape index (κ2) is 2.64. The van der Waals surface area contributed by atoms with Gasteiger partial charge in [-0.1, -0.05) is 18.2 Å². The second-order valence-electron chi connectivity index (χ2n) is 2.69. The van der Waals surface area contributed by atoms with E-state index in [4.69, 9.17) is 5.73 Å². The van der Waals surface area contributed by atoms with Crippen LogP contribution in [0.4, 0.5) is 0 Å². The molecule has 12 heavy (non-hydrogen) atoms. The minimum atomic E-state index is -0.460. The first-order chi connectivity index (χ1) is 5.74. The number of hydrogen-bond acceptors (Lipinski definition) is 3. The van der Waals surface area contributed by atoms with Crippen LogP contribution < -0.4 is 5.73 Å². The Kier molecular flexibility index (Phi) is 1.73. The van der Waals surface area contributed by atoms with E-state index in [2.05, 4.69) is 26.2 Å². The monoisotopic (exact) mass is 225 g/mol. The van der Waals surface area contributed by atoms with Crippen molar-refractivity contribution in [1.29, 1.82) is 0 Å². The summed E-state index contributed by atoms with van der Waals surface area (Å²) in [6, 6.07) is 7.94. The summed E-state index contributed by atoms with van der Waals surface area (Å²) in [5.74, 6) is 0. The fourth-order valence-electron chi connectivity index (χ4n) is 1.06. The van der Waals surface area contributed by atoms with Gasteiger partial charge in [0.05, 0.1) is 0 Å². The van der Waals surface area contributed by atoms with Crippen LogP contribution in [-0.2, 0) is 11.1 Å². The Morgan fingerprint density at radius 2 is 2.17 bits per heavy atom. The van der Waals surface area contributed by atoms with Crippen LogP contribution >= 0.6 is 15.9 Å². The zero-order valence-electron chi connectivity index (χ0n) is 6.37. The van der Waals surface area contributed by atoms with E-state index in [1.165, 1.54) is 0 Å². The second-order valence-corrected chi connectivity index (χ2v) is 3.80. The quantitative estimate of drug-likeness (QED) is 0.609. The molecule has 4 heteroatoms.